The number of benzene rings is 1. The van der Waals surface area contributed by atoms with E-state index in [1.54, 1.807) is 0 Å². The maximum atomic E-state index is 5.62. The van der Waals surface area contributed by atoms with Crippen LogP contribution in [0.3, 0.4) is 0 Å². The highest BCUT2D eigenvalue weighted by atomic mass is 35.5. The lowest BCUT2D eigenvalue weighted by Gasteiger charge is -1.94. The predicted molar refractivity (Wildman–Crippen MR) is 78.4 cm³/mol. The van der Waals surface area contributed by atoms with Crippen molar-refractivity contribution in [1.82, 2.24) is 0 Å². The van der Waals surface area contributed by atoms with Crippen LogP contribution in [0, 0.1) is 0 Å². The predicted octanol–water partition coefficient (Wildman–Crippen LogP) is 5.45. The minimum absolute atomic E-state index is 0.801. The van der Waals surface area contributed by atoms with Gasteiger partial charge in [0.25, 0.3) is 0 Å². The maximum absolute atomic E-state index is 5.62. The van der Waals surface area contributed by atoms with Crippen molar-refractivity contribution in [2.45, 2.75) is 32.1 Å². The zero-order valence-corrected chi connectivity index (χ0v) is 11.1. The van der Waals surface area contributed by atoms with Crippen molar-refractivity contribution in [3.63, 3.8) is 0 Å². The van der Waals surface area contributed by atoms with Gasteiger partial charge < -0.3 is 0 Å². The molecule has 0 fully saturated rings. The van der Waals surface area contributed by atoms with Gasteiger partial charge in [0, 0.05) is 5.88 Å². The topological polar surface area (TPSA) is 0 Å². The standard InChI is InChI=1S/C16H21Cl/c17-15-11-6-4-2-1-3-5-8-12-16-13-9-7-10-14-16/h3,5,7-10,12-14H,1-2,4,6,11,15H2. The summed E-state index contributed by atoms with van der Waals surface area (Å²) in [6.07, 6.45) is 14.7. The molecule has 0 amide bonds. The van der Waals surface area contributed by atoms with Gasteiger partial charge in [0.15, 0.2) is 0 Å². The van der Waals surface area contributed by atoms with Gasteiger partial charge in [-0.25, -0.2) is 0 Å². The number of halogens is 1. The van der Waals surface area contributed by atoms with Gasteiger partial charge in [0.2, 0.25) is 0 Å². The quantitative estimate of drug-likeness (QED) is 0.326. The molecule has 0 aromatic heterocycles. The third-order valence-corrected chi connectivity index (χ3v) is 2.86. The zero-order valence-electron chi connectivity index (χ0n) is 10.3. The normalized spacial score (nSPS) is 11.6. The van der Waals surface area contributed by atoms with Crippen LogP contribution in [0.1, 0.15) is 37.7 Å². The fourth-order valence-corrected chi connectivity index (χ4v) is 1.80. The van der Waals surface area contributed by atoms with Gasteiger partial charge in [-0.3, -0.25) is 0 Å². The van der Waals surface area contributed by atoms with Gasteiger partial charge in [-0.15, -0.1) is 11.6 Å². The number of allylic oxidation sites excluding steroid dienone is 3. The molecule has 1 heteroatoms. The second kappa shape index (κ2) is 10.2. The van der Waals surface area contributed by atoms with Crippen molar-refractivity contribution < 1.29 is 0 Å². The van der Waals surface area contributed by atoms with E-state index in [0.717, 1.165) is 12.3 Å². The second-order valence-electron chi connectivity index (χ2n) is 4.09. The Labute approximate surface area is 110 Å². The first-order valence-corrected chi connectivity index (χ1v) is 6.91. The van der Waals surface area contributed by atoms with Gasteiger partial charge in [0.1, 0.15) is 0 Å². The van der Waals surface area contributed by atoms with E-state index in [1.165, 1.54) is 31.2 Å². The van der Waals surface area contributed by atoms with Crippen molar-refractivity contribution in [3.05, 3.63) is 54.1 Å². The van der Waals surface area contributed by atoms with Gasteiger partial charge in [-0.1, -0.05) is 67.5 Å². The van der Waals surface area contributed by atoms with Crippen molar-refractivity contribution in [1.29, 1.82) is 0 Å². The summed E-state index contributed by atoms with van der Waals surface area (Å²) in [7, 11) is 0. The van der Waals surface area contributed by atoms with Gasteiger partial charge in [-0.2, -0.15) is 0 Å². The first-order chi connectivity index (χ1) is 8.43. The molecule has 1 rings (SSSR count). The molecule has 0 unspecified atom stereocenters. The molecular formula is C16H21Cl. The minimum atomic E-state index is 0.801. The molecular weight excluding hydrogens is 228 g/mol. The molecule has 1 aromatic rings. The molecule has 0 nitrogen and oxygen atoms in total. The van der Waals surface area contributed by atoms with Crippen LogP contribution in [0.4, 0.5) is 0 Å². The summed E-state index contributed by atoms with van der Waals surface area (Å²) in [6, 6.07) is 10.4. The first kappa shape index (κ1) is 14.1. The Bertz CT molecular complexity index is 325. The summed E-state index contributed by atoms with van der Waals surface area (Å²) < 4.78 is 0. The van der Waals surface area contributed by atoms with E-state index in [0.29, 0.717) is 0 Å². The Kier molecular flexibility index (Phi) is 8.40. The van der Waals surface area contributed by atoms with Crippen LogP contribution in [0.25, 0.3) is 6.08 Å². The van der Waals surface area contributed by atoms with Crippen LogP contribution in [0.5, 0.6) is 0 Å². The van der Waals surface area contributed by atoms with E-state index in [1.807, 2.05) is 6.07 Å². The molecule has 0 bridgehead atoms. The van der Waals surface area contributed by atoms with Gasteiger partial charge in [-0.05, 0) is 24.8 Å². The number of rotatable bonds is 8. The Morgan fingerprint density at radius 3 is 2.41 bits per heavy atom. The van der Waals surface area contributed by atoms with E-state index in [4.69, 9.17) is 11.6 Å². The SMILES string of the molecule is ClCCCCCCC=CC=Cc1ccccc1. The first-order valence-electron chi connectivity index (χ1n) is 6.37. The minimum Gasteiger partial charge on any atom is -0.127 e. The van der Waals surface area contributed by atoms with Crippen molar-refractivity contribution in [2.75, 3.05) is 5.88 Å². The Hall–Kier alpha value is -1.01. The van der Waals surface area contributed by atoms with Crippen LogP contribution in [0.15, 0.2) is 48.6 Å². The third kappa shape index (κ3) is 7.82. The molecule has 0 saturated heterocycles. The molecule has 0 radical (unpaired) electrons. The van der Waals surface area contributed by atoms with Crippen LogP contribution in [-0.2, 0) is 0 Å². The molecule has 1 aromatic carbocycles. The van der Waals surface area contributed by atoms with Crippen molar-refractivity contribution in [3.8, 4) is 0 Å². The highest BCUT2D eigenvalue weighted by Crippen LogP contribution is 2.05. The van der Waals surface area contributed by atoms with Crippen LogP contribution in [-0.4, -0.2) is 5.88 Å². The number of hydrogen-bond acceptors (Lipinski definition) is 0. The second-order valence-corrected chi connectivity index (χ2v) is 4.47. The number of hydrogen-bond donors (Lipinski definition) is 0. The van der Waals surface area contributed by atoms with Crippen molar-refractivity contribution >= 4 is 17.7 Å². The van der Waals surface area contributed by atoms with Gasteiger partial charge >= 0.3 is 0 Å². The molecule has 0 aliphatic heterocycles. The van der Waals surface area contributed by atoms with E-state index < -0.39 is 0 Å². The summed E-state index contributed by atoms with van der Waals surface area (Å²) >= 11 is 5.62. The molecule has 0 spiro atoms. The fourth-order valence-electron chi connectivity index (χ4n) is 1.62. The molecule has 0 aliphatic carbocycles. The lowest BCUT2D eigenvalue weighted by molar-refractivity contribution is 0.677. The van der Waals surface area contributed by atoms with E-state index in [-0.39, 0.29) is 0 Å². The largest absolute Gasteiger partial charge is 0.127 e. The smallest absolute Gasteiger partial charge is 0.0223 e. The van der Waals surface area contributed by atoms with E-state index >= 15 is 0 Å². The molecule has 0 N–H and O–H groups in total. The molecule has 0 saturated carbocycles. The Balaban J connectivity index is 2.08. The van der Waals surface area contributed by atoms with E-state index in [9.17, 15) is 0 Å². The molecule has 0 atom stereocenters. The van der Waals surface area contributed by atoms with E-state index in [2.05, 4.69) is 48.6 Å². The summed E-state index contributed by atoms with van der Waals surface area (Å²) in [5.74, 6) is 0.801. The van der Waals surface area contributed by atoms with Crippen LogP contribution < -0.4 is 0 Å². The number of alkyl halides is 1. The highest BCUT2D eigenvalue weighted by molar-refractivity contribution is 6.17. The summed E-state index contributed by atoms with van der Waals surface area (Å²) in [5, 5.41) is 0. The number of unbranched alkanes of at least 4 members (excludes halogenated alkanes) is 4. The molecule has 0 aliphatic rings. The average Bonchev–Trinajstić information content (AvgIpc) is 2.38. The lowest BCUT2D eigenvalue weighted by atomic mass is 10.1. The summed E-state index contributed by atoms with van der Waals surface area (Å²) in [6.45, 7) is 0. The summed E-state index contributed by atoms with van der Waals surface area (Å²) in [5.41, 5.74) is 1.25. The third-order valence-electron chi connectivity index (χ3n) is 2.59. The molecule has 0 heterocycles. The molecule has 92 valence electrons. The fraction of sp³-hybridized carbons (Fsp3) is 0.375. The summed E-state index contributed by atoms with van der Waals surface area (Å²) in [4.78, 5) is 0. The molecule has 17 heavy (non-hydrogen) atoms. The van der Waals surface area contributed by atoms with Crippen LogP contribution in [0.2, 0.25) is 0 Å². The van der Waals surface area contributed by atoms with Gasteiger partial charge in [0.05, 0.1) is 0 Å². The zero-order chi connectivity index (χ0) is 12.2. The van der Waals surface area contributed by atoms with Crippen molar-refractivity contribution in [2.24, 2.45) is 0 Å². The highest BCUT2D eigenvalue weighted by Gasteiger charge is 1.86. The maximum Gasteiger partial charge on any atom is 0.0223 e. The monoisotopic (exact) mass is 248 g/mol. The Morgan fingerprint density at radius 1 is 0.882 bits per heavy atom. The average molecular weight is 249 g/mol. The lowest BCUT2D eigenvalue weighted by Crippen LogP contribution is -1.77. The van der Waals surface area contributed by atoms with Crippen LogP contribution >= 0.6 is 11.6 Å². The Morgan fingerprint density at radius 2 is 1.65 bits per heavy atom.